The number of nitrogens with one attached hydrogen (secondary N) is 1. The second kappa shape index (κ2) is 5.53. The number of amides is 1. The molecular weight excluding hydrogens is 172 g/mol. The van der Waals surface area contributed by atoms with Gasteiger partial charge in [0.15, 0.2) is 0 Å². The monoisotopic (exact) mass is 188 g/mol. The van der Waals surface area contributed by atoms with Crippen molar-refractivity contribution in [3.63, 3.8) is 0 Å². The fraction of sp³-hybridized carbons (Fsp3) is 0.750. The molecule has 1 unspecified atom stereocenters. The Hall–Kier alpha value is -1.10. The third-order valence-corrected chi connectivity index (χ3v) is 1.83. The lowest BCUT2D eigenvalue weighted by Gasteiger charge is -2.15. The van der Waals surface area contributed by atoms with Gasteiger partial charge in [0.2, 0.25) is 5.91 Å². The van der Waals surface area contributed by atoms with Gasteiger partial charge < -0.3 is 10.0 Å². The first-order valence-electron chi connectivity index (χ1n) is 4.19. The van der Waals surface area contributed by atoms with E-state index in [0.717, 1.165) is 0 Å². The minimum absolute atomic E-state index is 0.0673. The van der Waals surface area contributed by atoms with Crippen molar-refractivity contribution >= 4 is 11.9 Å². The molecule has 0 saturated heterocycles. The highest BCUT2D eigenvalue weighted by molar-refractivity contribution is 5.79. The van der Waals surface area contributed by atoms with Crippen LogP contribution in [-0.2, 0) is 9.59 Å². The van der Waals surface area contributed by atoms with Crippen LogP contribution in [0.1, 0.15) is 13.8 Å². The van der Waals surface area contributed by atoms with Crippen molar-refractivity contribution in [2.45, 2.75) is 19.9 Å². The van der Waals surface area contributed by atoms with E-state index in [1.54, 1.807) is 7.05 Å². The van der Waals surface area contributed by atoms with Gasteiger partial charge >= 0.3 is 5.97 Å². The van der Waals surface area contributed by atoms with Crippen LogP contribution >= 0.6 is 0 Å². The maximum absolute atomic E-state index is 11.2. The first kappa shape index (κ1) is 11.9. The van der Waals surface area contributed by atoms with Crippen molar-refractivity contribution in [1.29, 1.82) is 0 Å². The predicted molar refractivity (Wildman–Crippen MR) is 48.4 cm³/mol. The van der Waals surface area contributed by atoms with Gasteiger partial charge in [-0.1, -0.05) is 0 Å². The van der Waals surface area contributed by atoms with Crippen LogP contribution in [-0.4, -0.2) is 48.1 Å². The van der Waals surface area contributed by atoms with E-state index in [1.165, 1.54) is 11.8 Å². The molecule has 1 amide bonds. The lowest BCUT2D eigenvalue weighted by molar-refractivity contribution is -0.139. The number of hydrogen-bond acceptors (Lipinski definition) is 3. The van der Waals surface area contributed by atoms with E-state index >= 15 is 0 Å². The molecule has 0 bridgehead atoms. The molecule has 0 aromatic heterocycles. The second-order valence-corrected chi connectivity index (χ2v) is 2.85. The molecule has 5 nitrogen and oxygen atoms in total. The van der Waals surface area contributed by atoms with E-state index in [-0.39, 0.29) is 12.5 Å². The van der Waals surface area contributed by atoms with Crippen molar-refractivity contribution in [2.24, 2.45) is 0 Å². The van der Waals surface area contributed by atoms with E-state index in [9.17, 15) is 9.59 Å². The van der Waals surface area contributed by atoms with Crippen molar-refractivity contribution in [2.75, 3.05) is 20.1 Å². The highest BCUT2D eigenvalue weighted by atomic mass is 16.4. The van der Waals surface area contributed by atoms with Gasteiger partial charge in [0, 0.05) is 13.6 Å². The van der Waals surface area contributed by atoms with Gasteiger partial charge in [-0.25, -0.2) is 0 Å². The summed E-state index contributed by atoms with van der Waals surface area (Å²) < 4.78 is 0. The van der Waals surface area contributed by atoms with Gasteiger partial charge in [0.25, 0.3) is 0 Å². The number of carbonyl (C=O) groups is 2. The molecule has 13 heavy (non-hydrogen) atoms. The molecule has 0 heterocycles. The van der Waals surface area contributed by atoms with E-state index in [4.69, 9.17) is 5.11 Å². The highest BCUT2D eigenvalue weighted by Crippen LogP contribution is 1.84. The summed E-state index contributed by atoms with van der Waals surface area (Å²) in [5, 5.41) is 11.1. The van der Waals surface area contributed by atoms with Gasteiger partial charge in [-0.3, -0.25) is 14.9 Å². The summed E-state index contributed by atoms with van der Waals surface area (Å²) in [7, 11) is 1.68. The minimum atomic E-state index is -0.952. The van der Waals surface area contributed by atoms with Crippen molar-refractivity contribution < 1.29 is 14.7 Å². The fourth-order valence-electron chi connectivity index (χ4n) is 0.639. The molecule has 5 heteroatoms. The number of carbonyl (C=O) groups excluding carboxylic acids is 1. The number of likely N-dealkylation sites (N-methyl/N-ethyl adjacent to an activating group) is 1. The van der Waals surface area contributed by atoms with E-state index in [2.05, 4.69) is 5.32 Å². The summed E-state index contributed by atoms with van der Waals surface area (Å²) in [6.45, 7) is 4.06. The molecule has 76 valence electrons. The molecule has 1 atom stereocenters. The zero-order valence-electron chi connectivity index (χ0n) is 8.20. The standard InChI is InChI=1S/C8H16N2O3/c1-4-10(3)7(11)5-9-6(2)8(12)13/h6,9H,4-5H2,1-3H3,(H,12,13). The zero-order valence-corrected chi connectivity index (χ0v) is 8.20. The summed E-state index contributed by atoms with van der Waals surface area (Å²) >= 11 is 0. The molecule has 0 aliphatic heterocycles. The third kappa shape index (κ3) is 4.47. The molecule has 0 aromatic rings. The van der Waals surface area contributed by atoms with Gasteiger partial charge in [-0.2, -0.15) is 0 Å². The Kier molecular flexibility index (Phi) is 5.06. The van der Waals surface area contributed by atoms with Crippen molar-refractivity contribution in [3.8, 4) is 0 Å². The number of hydrogen-bond donors (Lipinski definition) is 2. The van der Waals surface area contributed by atoms with Gasteiger partial charge in [-0.05, 0) is 13.8 Å². The molecule has 0 rings (SSSR count). The molecule has 0 spiro atoms. The van der Waals surface area contributed by atoms with E-state index in [1.807, 2.05) is 6.92 Å². The molecule has 0 radical (unpaired) electrons. The van der Waals surface area contributed by atoms with Crippen LogP contribution in [0.5, 0.6) is 0 Å². The van der Waals surface area contributed by atoms with Crippen LogP contribution in [0.15, 0.2) is 0 Å². The predicted octanol–water partition coefficient (Wildman–Crippen LogP) is -0.473. The number of carboxylic acids is 1. The summed E-state index contributed by atoms with van der Waals surface area (Å²) in [6, 6.07) is -0.686. The van der Waals surface area contributed by atoms with Gasteiger partial charge in [-0.15, -0.1) is 0 Å². The number of carboxylic acid groups (broad SMARTS) is 1. The Labute approximate surface area is 77.7 Å². The fourth-order valence-corrected chi connectivity index (χ4v) is 0.639. The number of nitrogens with zero attached hydrogens (tertiary/aromatic N) is 1. The highest BCUT2D eigenvalue weighted by Gasteiger charge is 2.12. The van der Waals surface area contributed by atoms with E-state index in [0.29, 0.717) is 6.54 Å². The summed E-state index contributed by atoms with van der Waals surface area (Å²) in [5.74, 6) is -1.05. The van der Waals surface area contributed by atoms with Gasteiger partial charge in [0.1, 0.15) is 6.04 Å². The van der Waals surface area contributed by atoms with Crippen LogP contribution < -0.4 is 5.32 Å². The largest absolute Gasteiger partial charge is 0.480 e. The van der Waals surface area contributed by atoms with Crippen LogP contribution in [0.25, 0.3) is 0 Å². The first-order valence-corrected chi connectivity index (χ1v) is 4.19. The van der Waals surface area contributed by atoms with Crippen molar-refractivity contribution in [3.05, 3.63) is 0 Å². The average Bonchev–Trinajstić information content (AvgIpc) is 2.11. The van der Waals surface area contributed by atoms with Crippen LogP contribution in [0.4, 0.5) is 0 Å². The van der Waals surface area contributed by atoms with Crippen LogP contribution in [0.3, 0.4) is 0 Å². The Bertz CT molecular complexity index is 194. The lowest BCUT2D eigenvalue weighted by atomic mass is 10.3. The Morgan fingerprint density at radius 3 is 2.46 bits per heavy atom. The lowest BCUT2D eigenvalue weighted by Crippen LogP contribution is -2.42. The third-order valence-electron chi connectivity index (χ3n) is 1.83. The SMILES string of the molecule is CCN(C)C(=O)CNC(C)C(=O)O. The average molecular weight is 188 g/mol. The molecule has 0 fully saturated rings. The maximum Gasteiger partial charge on any atom is 0.320 e. The first-order chi connectivity index (χ1) is 5.99. The summed E-state index contributed by atoms with van der Waals surface area (Å²) in [6.07, 6.45) is 0. The summed E-state index contributed by atoms with van der Waals surface area (Å²) in [5.41, 5.74) is 0. The summed E-state index contributed by atoms with van der Waals surface area (Å²) in [4.78, 5) is 23.1. The maximum atomic E-state index is 11.2. The Morgan fingerprint density at radius 2 is 2.08 bits per heavy atom. The molecule has 0 aliphatic rings. The number of aliphatic carboxylic acids is 1. The molecule has 0 aromatic carbocycles. The van der Waals surface area contributed by atoms with Crippen molar-refractivity contribution in [1.82, 2.24) is 10.2 Å². The van der Waals surface area contributed by atoms with Crippen LogP contribution in [0, 0.1) is 0 Å². The zero-order chi connectivity index (χ0) is 10.4. The minimum Gasteiger partial charge on any atom is -0.480 e. The molecule has 2 N–H and O–H groups in total. The Balaban J connectivity index is 3.76. The second-order valence-electron chi connectivity index (χ2n) is 2.85. The molecule has 0 saturated carbocycles. The molecular formula is C8H16N2O3. The normalized spacial score (nSPS) is 12.2. The number of rotatable bonds is 5. The topological polar surface area (TPSA) is 69.6 Å². The van der Waals surface area contributed by atoms with Crippen LogP contribution in [0.2, 0.25) is 0 Å². The van der Waals surface area contributed by atoms with E-state index < -0.39 is 12.0 Å². The molecule has 0 aliphatic carbocycles. The smallest absolute Gasteiger partial charge is 0.320 e. The Morgan fingerprint density at radius 1 is 1.54 bits per heavy atom. The van der Waals surface area contributed by atoms with Gasteiger partial charge in [0.05, 0.1) is 6.54 Å². The quantitative estimate of drug-likeness (QED) is 0.612.